The third kappa shape index (κ3) is 13.4. The Bertz CT molecular complexity index is 2180. The summed E-state index contributed by atoms with van der Waals surface area (Å²) in [6.45, 7) is 14.0. The Morgan fingerprint density at radius 2 is 0.870 bits per heavy atom. The molecule has 2 amide bonds. The van der Waals surface area contributed by atoms with Crippen molar-refractivity contribution in [3.63, 3.8) is 0 Å². The number of nitrogens with one attached hydrogen (secondary N) is 2. The molecule has 8 aliphatic rings. The lowest BCUT2D eigenvalue weighted by atomic mass is 9.43. The van der Waals surface area contributed by atoms with Crippen LogP contribution in [0.4, 0.5) is 0 Å². The summed E-state index contributed by atoms with van der Waals surface area (Å²) < 4.78 is 74.4. The maximum atomic E-state index is 13.2. The second kappa shape index (κ2) is 24.2. The van der Waals surface area contributed by atoms with E-state index in [4.69, 9.17) is 18.6 Å². The number of carbonyl (C=O) groups excluding carboxylic acids is 4. The number of rotatable bonds is 22. The molecule has 440 valence electrons. The standard InChI is InChI=1S/C59H98N2O14S2/c1-36(12-18-50(64)60-28-30-76(68,69)70)42-14-16-44-54-46(22-26-58(42,44)5)56(3)24-20-40(32-38(56)34-48(54)62)74-52(66)10-8-7-9-11-53(67)75-41-21-25-57(4)39(33-41)35-49(63)55-45-17-15-43(59(45,6)27-23-47(55)57)37(2)13-19-51(65)61-29-31-77(71,72)73/h36-49,54-55,62-63H,7-35H2,1-6H3,(H,60,64)(H,61,65)(H,68,69,70)(H,71,72,73)/t36-,37+,38?,39?,40-,41+,42-,43+,44+,45-,46+,47-,48+,49-,54+,55-,56+,57-,58-,59+. The Morgan fingerprint density at radius 1 is 0.506 bits per heavy atom. The summed E-state index contributed by atoms with van der Waals surface area (Å²) in [5, 5.41) is 29.1. The second-order valence-electron chi connectivity index (χ2n) is 27.7. The summed E-state index contributed by atoms with van der Waals surface area (Å²) in [5.41, 5.74) is 0.325. The maximum Gasteiger partial charge on any atom is 0.306 e. The molecule has 8 fully saturated rings. The van der Waals surface area contributed by atoms with Crippen molar-refractivity contribution in [2.24, 2.45) is 92.7 Å². The molecule has 0 saturated heterocycles. The van der Waals surface area contributed by atoms with Crippen molar-refractivity contribution in [1.29, 1.82) is 0 Å². The van der Waals surface area contributed by atoms with Gasteiger partial charge in [-0.2, -0.15) is 16.8 Å². The molecule has 0 heterocycles. The van der Waals surface area contributed by atoms with E-state index in [-0.39, 0.29) is 94.4 Å². The third-order valence-electron chi connectivity index (χ3n) is 23.7. The van der Waals surface area contributed by atoms with Crippen molar-refractivity contribution in [2.45, 2.75) is 226 Å². The summed E-state index contributed by atoms with van der Waals surface area (Å²) >= 11 is 0. The second-order valence-corrected chi connectivity index (χ2v) is 30.8. The molecular weight excluding hydrogens is 1020 g/mol. The Labute approximate surface area is 461 Å². The number of unbranched alkanes of at least 4 members (excludes halogenated alkanes) is 2. The van der Waals surface area contributed by atoms with Gasteiger partial charge in [-0.25, -0.2) is 0 Å². The molecule has 18 heteroatoms. The van der Waals surface area contributed by atoms with Gasteiger partial charge >= 0.3 is 11.9 Å². The van der Waals surface area contributed by atoms with Gasteiger partial charge in [0, 0.05) is 38.8 Å². The predicted octanol–water partition coefficient (Wildman–Crippen LogP) is 8.86. The first-order valence-electron chi connectivity index (χ1n) is 30.3. The van der Waals surface area contributed by atoms with Gasteiger partial charge in [-0.1, -0.05) is 48.0 Å². The molecule has 0 aliphatic heterocycles. The van der Waals surface area contributed by atoms with Crippen LogP contribution >= 0.6 is 0 Å². The van der Waals surface area contributed by atoms with Crippen LogP contribution in [-0.4, -0.2) is 109 Å². The zero-order valence-electron chi connectivity index (χ0n) is 47.4. The Kier molecular flexibility index (Phi) is 19.1. The number of fused-ring (bicyclic) bond motifs is 10. The van der Waals surface area contributed by atoms with E-state index in [0.29, 0.717) is 98.7 Å². The molecule has 8 rings (SSSR count). The molecular formula is C59H98N2O14S2. The van der Waals surface area contributed by atoms with Gasteiger partial charge in [0.25, 0.3) is 20.2 Å². The quantitative estimate of drug-likeness (QED) is 0.0336. The normalized spacial score (nSPS) is 41.2. The fourth-order valence-electron chi connectivity index (χ4n) is 19.7. The molecule has 20 atom stereocenters. The van der Waals surface area contributed by atoms with Gasteiger partial charge < -0.3 is 30.3 Å². The Hall–Kier alpha value is -2.38. The van der Waals surface area contributed by atoms with E-state index in [1.165, 1.54) is 0 Å². The molecule has 16 nitrogen and oxygen atoms in total. The summed E-state index contributed by atoms with van der Waals surface area (Å²) in [4.78, 5) is 51.4. The first kappa shape index (κ1) is 60.7. The molecule has 0 bridgehead atoms. The van der Waals surface area contributed by atoms with Gasteiger partial charge in [-0.3, -0.25) is 28.3 Å². The highest BCUT2D eigenvalue weighted by atomic mass is 32.2. The first-order valence-corrected chi connectivity index (χ1v) is 33.6. The molecule has 0 aromatic carbocycles. The van der Waals surface area contributed by atoms with E-state index >= 15 is 0 Å². The average molecular weight is 1120 g/mol. The van der Waals surface area contributed by atoms with Crippen LogP contribution in [-0.2, 0) is 48.9 Å². The minimum absolute atomic E-state index is 0.0796. The number of amides is 2. The minimum atomic E-state index is -4.12. The number of ether oxygens (including phenoxy) is 2. The lowest BCUT2D eigenvalue weighted by molar-refractivity contribution is -0.183. The number of hydrogen-bond acceptors (Lipinski definition) is 12. The smallest absolute Gasteiger partial charge is 0.306 e. The molecule has 0 spiro atoms. The summed E-state index contributed by atoms with van der Waals surface area (Å²) in [6.07, 6.45) is 18.9. The van der Waals surface area contributed by atoms with E-state index in [1.54, 1.807) is 0 Å². The fourth-order valence-corrected chi connectivity index (χ4v) is 20.4. The molecule has 8 saturated carbocycles. The number of esters is 2. The van der Waals surface area contributed by atoms with Crippen LogP contribution in [0.2, 0.25) is 0 Å². The van der Waals surface area contributed by atoms with Gasteiger partial charge in [0.05, 0.1) is 23.7 Å². The van der Waals surface area contributed by atoms with Crippen LogP contribution in [0.1, 0.15) is 202 Å². The number of carbonyl (C=O) groups is 4. The van der Waals surface area contributed by atoms with Crippen LogP contribution in [0, 0.1) is 92.7 Å². The topological polar surface area (TPSA) is 260 Å². The molecule has 0 aromatic rings. The summed E-state index contributed by atoms with van der Waals surface area (Å²) in [5.74, 6) is 2.45. The molecule has 8 aliphatic carbocycles. The molecule has 0 radical (unpaired) electrons. The predicted molar refractivity (Wildman–Crippen MR) is 292 cm³/mol. The van der Waals surface area contributed by atoms with Gasteiger partial charge in [-0.05, 0) is 221 Å². The highest BCUT2D eigenvalue weighted by Crippen LogP contribution is 2.70. The zero-order valence-corrected chi connectivity index (χ0v) is 49.1. The van der Waals surface area contributed by atoms with Crippen molar-refractivity contribution in [1.82, 2.24) is 10.6 Å². The largest absolute Gasteiger partial charge is 0.462 e. The Balaban J connectivity index is 0.719. The number of hydrogen-bond donors (Lipinski definition) is 6. The van der Waals surface area contributed by atoms with E-state index in [0.717, 1.165) is 109 Å². The lowest BCUT2D eigenvalue weighted by Crippen LogP contribution is -2.58. The number of aliphatic hydroxyl groups is 2. The van der Waals surface area contributed by atoms with Crippen molar-refractivity contribution >= 4 is 44.0 Å². The van der Waals surface area contributed by atoms with Crippen molar-refractivity contribution < 1.29 is 64.8 Å². The molecule has 2 unspecified atom stereocenters. The highest BCUT2D eigenvalue weighted by molar-refractivity contribution is 7.86. The zero-order chi connectivity index (χ0) is 55.9. The van der Waals surface area contributed by atoms with Gasteiger partial charge in [-0.15, -0.1) is 0 Å². The van der Waals surface area contributed by atoms with Gasteiger partial charge in [0.15, 0.2) is 0 Å². The van der Waals surface area contributed by atoms with E-state index in [1.807, 2.05) is 0 Å². The van der Waals surface area contributed by atoms with Gasteiger partial charge in [0.1, 0.15) is 12.2 Å². The van der Waals surface area contributed by atoms with Crippen molar-refractivity contribution in [3.05, 3.63) is 0 Å². The van der Waals surface area contributed by atoms with E-state index in [2.05, 4.69) is 52.2 Å². The maximum absolute atomic E-state index is 13.2. The molecule has 77 heavy (non-hydrogen) atoms. The van der Waals surface area contributed by atoms with Crippen LogP contribution in [0.5, 0.6) is 0 Å². The van der Waals surface area contributed by atoms with Crippen molar-refractivity contribution in [2.75, 3.05) is 24.6 Å². The monoisotopic (exact) mass is 1120 g/mol. The summed E-state index contributed by atoms with van der Waals surface area (Å²) in [6, 6.07) is 0. The van der Waals surface area contributed by atoms with Gasteiger partial charge in [0.2, 0.25) is 11.8 Å². The Morgan fingerprint density at radius 3 is 1.25 bits per heavy atom. The van der Waals surface area contributed by atoms with Crippen LogP contribution in [0.15, 0.2) is 0 Å². The fraction of sp³-hybridized carbons (Fsp3) is 0.932. The minimum Gasteiger partial charge on any atom is -0.462 e. The van der Waals surface area contributed by atoms with Crippen LogP contribution in [0.25, 0.3) is 0 Å². The first-order chi connectivity index (χ1) is 36.1. The number of aliphatic hydroxyl groups excluding tert-OH is 2. The highest BCUT2D eigenvalue weighted by Gasteiger charge is 2.65. The third-order valence-corrected chi connectivity index (χ3v) is 25.1. The molecule has 6 N–H and O–H groups in total. The summed E-state index contributed by atoms with van der Waals surface area (Å²) in [7, 11) is -8.25. The van der Waals surface area contributed by atoms with Crippen molar-refractivity contribution in [3.8, 4) is 0 Å². The van der Waals surface area contributed by atoms with E-state index < -0.39 is 43.9 Å². The van der Waals surface area contributed by atoms with E-state index in [9.17, 15) is 46.2 Å². The average Bonchev–Trinajstić information content (AvgIpc) is 3.95. The van der Waals surface area contributed by atoms with Crippen LogP contribution in [0.3, 0.4) is 0 Å². The SMILES string of the molecule is C[C@H](CCC(=O)NCCS(=O)(=O)O)[C@H]1CC[C@H]2[C@@H]3[C@@H](O)CC4C[C@H](OC(=O)CCCCCC(=O)O[C@H]5CC[C@]6(C)C(C5)C[C@@H](O)[C@@H]5[C@H]7CC[C@@H]([C@@H](C)CCC(=O)NCCS(=O)(=O)O)[C@]7(C)CC[C@H]56)CC[C@]4(C)[C@H]3CC[C@]12C. The van der Waals surface area contributed by atoms with Crippen LogP contribution < -0.4 is 10.6 Å². The molecule has 0 aromatic heterocycles. The lowest BCUT2D eigenvalue weighted by Gasteiger charge is -2.62.